The second-order valence-electron chi connectivity index (χ2n) is 7.51. The Morgan fingerprint density at radius 3 is 2.21 bits per heavy atom. The molecule has 34 heavy (non-hydrogen) atoms. The summed E-state index contributed by atoms with van der Waals surface area (Å²) in [4.78, 5) is 23.7. The van der Waals surface area contributed by atoms with Gasteiger partial charge >= 0.3 is 5.97 Å². The van der Waals surface area contributed by atoms with Gasteiger partial charge in [-0.2, -0.15) is 4.31 Å². The molecule has 2 aromatic carbocycles. The average Bonchev–Trinajstić information content (AvgIpc) is 2.87. The number of hydrogen-bond acceptors (Lipinski definition) is 9. The van der Waals surface area contributed by atoms with E-state index in [1.54, 1.807) is 19.1 Å². The number of carbonyl (C=O) groups is 1. The van der Waals surface area contributed by atoms with Gasteiger partial charge < -0.3 is 19.1 Å². The molecule has 0 N–H and O–H groups in total. The van der Waals surface area contributed by atoms with Gasteiger partial charge in [0.2, 0.25) is 10.0 Å². The van der Waals surface area contributed by atoms with Crippen LogP contribution in [-0.4, -0.2) is 75.7 Å². The summed E-state index contributed by atoms with van der Waals surface area (Å²) in [6.45, 7) is 3.05. The predicted octanol–water partition coefficient (Wildman–Crippen LogP) is 2.33. The van der Waals surface area contributed by atoms with Gasteiger partial charge in [-0.3, -0.25) is 0 Å². The van der Waals surface area contributed by atoms with E-state index in [-0.39, 0.29) is 30.3 Å². The molecule has 4 rings (SSSR count). The van der Waals surface area contributed by atoms with Crippen molar-refractivity contribution in [3.63, 3.8) is 0 Å². The van der Waals surface area contributed by atoms with Crippen LogP contribution in [0.1, 0.15) is 17.4 Å². The molecular formula is C23H26N4O6S. The number of rotatable bonds is 7. The smallest absolute Gasteiger partial charge is 0.360 e. The Balaban J connectivity index is 1.59. The molecule has 3 aromatic rings. The zero-order chi connectivity index (χ0) is 24.3. The van der Waals surface area contributed by atoms with E-state index in [0.29, 0.717) is 41.4 Å². The molecule has 0 spiro atoms. The maximum absolute atomic E-state index is 13.2. The van der Waals surface area contributed by atoms with Gasteiger partial charge in [0.05, 0.1) is 36.8 Å². The number of carbonyl (C=O) groups excluding carboxylic acids is 1. The number of benzene rings is 2. The van der Waals surface area contributed by atoms with Crippen LogP contribution in [0, 0.1) is 0 Å². The lowest BCUT2D eigenvalue weighted by Gasteiger charge is -2.35. The van der Waals surface area contributed by atoms with Gasteiger partial charge in [0.1, 0.15) is 0 Å². The van der Waals surface area contributed by atoms with Crippen molar-refractivity contribution in [3.8, 4) is 11.5 Å². The van der Waals surface area contributed by atoms with Crippen molar-refractivity contribution in [1.29, 1.82) is 0 Å². The van der Waals surface area contributed by atoms with Crippen molar-refractivity contribution in [1.82, 2.24) is 14.3 Å². The van der Waals surface area contributed by atoms with E-state index in [9.17, 15) is 13.2 Å². The third-order valence-corrected chi connectivity index (χ3v) is 7.45. The van der Waals surface area contributed by atoms with Crippen LogP contribution < -0.4 is 14.4 Å². The first-order chi connectivity index (χ1) is 16.4. The van der Waals surface area contributed by atoms with Crippen LogP contribution >= 0.6 is 0 Å². The SMILES string of the molecule is CCOC(=O)c1nc2ccccc2nc1N1CCN(S(=O)(=O)c2ccc(OC)c(OC)c2)CC1. The molecule has 0 radical (unpaired) electrons. The third-order valence-electron chi connectivity index (χ3n) is 5.55. The predicted molar refractivity (Wildman–Crippen MR) is 126 cm³/mol. The van der Waals surface area contributed by atoms with E-state index in [1.165, 1.54) is 30.7 Å². The van der Waals surface area contributed by atoms with Crippen LogP contribution in [0.15, 0.2) is 47.4 Å². The fourth-order valence-corrected chi connectivity index (χ4v) is 5.25. The van der Waals surface area contributed by atoms with Crippen LogP contribution in [-0.2, 0) is 14.8 Å². The lowest BCUT2D eigenvalue weighted by atomic mass is 10.2. The summed E-state index contributed by atoms with van der Waals surface area (Å²) in [7, 11) is -0.803. The maximum atomic E-state index is 13.2. The molecule has 0 unspecified atom stereocenters. The monoisotopic (exact) mass is 486 g/mol. The van der Waals surface area contributed by atoms with Crippen molar-refractivity contribution in [2.45, 2.75) is 11.8 Å². The Labute approximate surface area is 198 Å². The van der Waals surface area contributed by atoms with Crippen molar-refractivity contribution < 1.29 is 27.4 Å². The molecule has 1 aliphatic rings. The van der Waals surface area contributed by atoms with E-state index in [0.717, 1.165) is 0 Å². The number of hydrogen-bond donors (Lipinski definition) is 0. The van der Waals surface area contributed by atoms with Gasteiger partial charge in [-0.05, 0) is 31.2 Å². The van der Waals surface area contributed by atoms with Gasteiger partial charge in [0.15, 0.2) is 23.0 Å². The molecule has 180 valence electrons. The summed E-state index contributed by atoms with van der Waals surface area (Å²) in [5.74, 6) is 0.622. The normalized spacial score (nSPS) is 14.7. The largest absolute Gasteiger partial charge is 0.493 e. The van der Waals surface area contributed by atoms with E-state index >= 15 is 0 Å². The molecule has 1 saturated heterocycles. The Morgan fingerprint density at radius 1 is 0.941 bits per heavy atom. The number of fused-ring (bicyclic) bond motifs is 1. The molecule has 0 atom stereocenters. The number of sulfonamides is 1. The fraction of sp³-hybridized carbons (Fsp3) is 0.348. The molecule has 0 aliphatic carbocycles. The highest BCUT2D eigenvalue weighted by Gasteiger charge is 2.32. The second kappa shape index (κ2) is 9.82. The number of aromatic nitrogens is 2. The number of methoxy groups -OCH3 is 2. The lowest BCUT2D eigenvalue weighted by molar-refractivity contribution is 0.0520. The number of piperazine rings is 1. The number of ether oxygens (including phenoxy) is 3. The van der Waals surface area contributed by atoms with Gasteiger partial charge in [-0.1, -0.05) is 12.1 Å². The third kappa shape index (κ3) is 4.48. The second-order valence-corrected chi connectivity index (χ2v) is 9.45. The highest BCUT2D eigenvalue weighted by atomic mass is 32.2. The van der Waals surface area contributed by atoms with E-state index < -0.39 is 16.0 Å². The summed E-state index contributed by atoms with van der Waals surface area (Å²) in [5.41, 5.74) is 1.35. The van der Waals surface area contributed by atoms with Crippen LogP contribution in [0.2, 0.25) is 0 Å². The Kier molecular flexibility index (Phi) is 6.85. The molecule has 1 fully saturated rings. The molecule has 2 heterocycles. The van der Waals surface area contributed by atoms with Crippen molar-refractivity contribution in [2.75, 3.05) is 51.9 Å². The van der Waals surface area contributed by atoms with E-state index in [2.05, 4.69) is 9.97 Å². The molecule has 0 bridgehead atoms. The van der Waals surface area contributed by atoms with Crippen molar-refractivity contribution in [2.24, 2.45) is 0 Å². The number of anilines is 1. The minimum absolute atomic E-state index is 0.122. The van der Waals surface area contributed by atoms with Gasteiger partial charge in [0, 0.05) is 32.2 Å². The van der Waals surface area contributed by atoms with E-state index in [4.69, 9.17) is 14.2 Å². The average molecular weight is 487 g/mol. The Hall–Kier alpha value is -3.44. The first kappa shape index (κ1) is 23.7. The first-order valence-corrected chi connectivity index (χ1v) is 12.2. The van der Waals surface area contributed by atoms with E-state index in [1.807, 2.05) is 23.1 Å². The highest BCUT2D eigenvalue weighted by molar-refractivity contribution is 7.89. The van der Waals surface area contributed by atoms with Crippen LogP contribution in [0.4, 0.5) is 5.82 Å². The van der Waals surface area contributed by atoms with Crippen LogP contribution in [0.25, 0.3) is 11.0 Å². The number of esters is 1. The van der Waals surface area contributed by atoms with Crippen molar-refractivity contribution in [3.05, 3.63) is 48.2 Å². The summed E-state index contributed by atoms with van der Waals surface area (Å²) < 4.78 is 43.5. The van der Waals surface area contributed by atoms with Crippen LogP contribution in [0.5, 0.6) is 11.5 Å². The molecule has 1 aliphatic heterocycles. The molecular weight excluding hydrogens is 460 g/mol. The summed E-state index contributed by atoms with van der Waals surface area (Å²) in [6, 6.07) is 11.8. The standard InChI is InChI=1S/C23H26N4O6S/c1-4-33-23(28)21-22(25-18-8-6-5-7-17(18)24-21)26-11-13-27(14-12-26)34(29,30)16-9-10-19(31-2)20(15-16)32-3/h5-10,15H,4,11-14H2,1-3H3. The summed E-state index contributed by atoms with van der Waals surface area (Å²) in [5, 5.41) is 0. The Bertz CT molecular complexity index is 1310. The topological polar surface area (TPSA) is 111 Å². The van der Waals surface area contributed by atoms with Crippen LogP contribution in [0.3, 0.4) is 0 Å². The highest BCUT2D eigenvalue weighted by Crippen LogP contribution is 2.31. The van der Waals surface area contributed by atoms with Gasteiger partial charge in [-0.15, -0.1) is 0 Å². The maximum Gasteiger partial charge on any atom is 0.360 e. The quantitative estimate of drug-likeness (QED) is 0.465. The minimum Gasteiger partial charge on any atom is -0.493 e. The lowest BCUT2D eigenvalue weighted by Crippen LogP contribution is -2.49. The molecule has 10 nitrogen and oxygen atoms in total. The van der Waals surface area contributed by atoms with Gasteiger partial charge in [-0.25, -0.2) is 23.2 Å². The minimum atomic E-state index is -3.75. The zero-order valence-electron chi connectivity index (χ0n) is 19.2. The summed E-state index contributed by atoms with van der Waals surface area (Å²) in [6.07, 6.45) is 0. The number of para-hydroxylation sites is 2. The fourth-order valence-electron chi connectivity index (χ4n) is 3.81. The summed E-state index contributed by atoms with van der Waals surface area (Å²) >= 11 is 0. The molecule has 0 saturated carbocycles. The number of nitrogens with zero attached hydrogens (tertiary/aromatic N) is 4. The van der Waals surface area contributed by atoms with Crippen molar-refractivity contribution >= 4 is 32.8 Å². The molecule has 0 amide bonds. The van der Waals surface area contributed by atoms with Gasteiger partial charge in [0.25, 0.3) is 0 Å². The molecule has 1 aromatic heterocycles. The molecule has 11 heteroatoms. The Morgan fingerprint density at radius 2 is 1.59 bits per heavy atom. The zero-order valence-corrected chi connectivity index (χ0v) is 20.0. The first-order valence-electron chi connectivity index (χ1n) is 10.8.